The number of phenolic OH excluding ortho intramolecular Hbond substituents is 3. The van der Waals surface area contributed by atoms with E-state index in [4.69, 9.17) is 0 Å². The average molecular weight is 1190 g/mol. The van der Waals surface area contributed by atoms with Crippen LogP contribution >= 0.6 is 0 Å². The number of aromatic hydroxyl groups is 3. The molecule has 3 aromatic carbocycles. The molecular formula is C80H132O6. The van der Waals surface area contributed by atoms with Crippen molar-refractivity contribution in [3.63, 3.8) is 0 Å². The molecule has 3 aromatic rings. The zero-order chi connectivity index (χ0) is 63.5. The van der Waals surface area contributed by atoms with Crippen molar-refractivity contribution in [1.82, 2.24) is 0 Å². The summed E-state index contributed by atoms with van der Waals surface area (Å²) in [6.45, 7) is 31.9. The molecule has 7 rings (SSSR count). The number of unbranched alkanes of at least 4 members (excludes halogenated alkanes) is 7. The number of aliphatic hydroxyl groups excluding tert-OH is 3. The summed E-state index contributed by atoms with van der Waals surface area (Å²) < 4.78 is 0. The second-order valence-corrected chi connectivity index (χ2v) is 29.6. The fourth-order valence-corrected chi connectivity index (χ4v) is 14.7. The molecule has 0 spiro atoms. The molecule has 0 aromatic heterocycles. The highest BCUT2D eigenvalue weighted by Crippen LogP contribution is 2.46. The summed E-state index contributed by atoms with van der Waals surface area (Å²) in [5, 5.41) is 60.8. The first-order chi connectivity index (χ1) is 41.0. The van der Waals surface area contributed by atoms with E-state index >= 15 is 0 Å². The topological polar surface area (TPSA) is 121 Å². The number of benzene rings is 3. The molecule has 0 saturated heterocycles. The maximum atomic E-state index is 10.7. The number of phenols is 3. The van der Waals surface area contributed by atoms with Crippen LogP contribution in [0.15, 0.2) is 77.9 Å². The summed E-state index contributed by atoms with van der Waals surface area (Å²) in [5.41, 5.74) is 10.6. The molecule has 4 aliphatic rings. The second-order valence-electron chi connectivity index (χ2n) is 29.6. The van der Waals surface area contributed by atoms with Crippen LogP contribution in [0.2, 0.25) is 0 Å². The third-order valence-corrected chi connectivity index (χ3v) is 21.3. The zero-order valence-electron chi connectivity index (χ0n) is 57.9. The van der Waals surface area contributed by atoms with Crippen molar-refractivity contribution < 1.29 is 30.6 Å². The highest BCUT2D eigenvalue weighted by Gasteiger charge is 2.34. The molecule has 0 bridgehead atoms. The van der Waals surface area contributed by atoms with Crippen molar-refractivity contribution in [1.29, 1.82) is 0 Å². The number of aliphatic hydroxyl groups is 3. The first kappa shape index (κ1) is 74.9. The van der Waals surface area contributed by atoms with Gasteiger partial charge in [0.25, 0.3) is 0 Å². The van der Waals surface area contributed by atoms with Crippen LogP contribution in [-0.4, -0.2) is 49.0 Å². The standard InChI is InChI=1S/C22H36O2.2C22H38O.C14H20O2/c1-5-7-8-13-22(3,4)17-10-12-19(21(24)14-17)20-15-18(23)11-9-16(20)6-2;1-5-7-8-14-22(3,4)19-12-13-21(17(6-2)15-19)18-10-9-11-20(23)16-18;1-6-8-11-16-22(4,5)20-15-14-19(21(23)17-20)13-10-9-12-18(3)7-2;1-2-10-6-7-13(14(16)8-10)11-4-3-5-12(15)9-11/h10,12,14,16,18,20,23-24H,5-9,11,13,15H2,1-4H3;12,15,18,20-21,23H,5-11,13-14,16H2,1-4H3;14-15,17-18,23H,6-13,16H2,1-5H3;6-8,11-12,15-16H,2-5,9H2,1H3. The predicted molar refractivity (Wildman–Crippen MR) is 369 cm³/mol. The molecule has 6 nitrogen and oxygen atoms in total. The number of aryl methyl sites for hydroxylation is 2. The van der Waals surface area contributed by atoms with Gasteiger partial charge in [-0.05, 0) is 218 Å². The lowest BCUT2D eigenvalue weighted by Gasteiger charge is -2.38. The van der Waals surface area contributed by atoms with Gasteiger partial charge in [-0.1, -0.05) is 247 Å². The van der Waals surface area contributed by atoms with Crippen molar-refractivity contribution in [2.45, 2.75) is 343 Å². The Labute approximate surface area is 529 Å². The maximum absolute atomic E-state index is 10.7. The smallest absolute Gasteiger partial charge is 0.119 e. The van der Waals surface area contributed by atoms with Crippen molar-refractivity contribution in [2.24, 2.45) is 29.1 Å². The van der Waals surface area contributed by atoms with Gasteiger partial charge in [-0.15, -0.1) is 0 Å². The number of allylic oxidation sites excluding steroid dienone is 4. The van der Waals surface area contributed by atoms with Crippen LogP contribution in [-0.2, 0) is 23.7 Å². The molecule has 86 heavy (non-hydrogen) atoms. The van der Waals surface area contributed by atoms with E-state index < -0.39 is 0 Å². The van der Waals surface area contributed by atoms with Crippen molar-refractivity contribution in [3.05, 3.63) is 111 Å². The Morgan fingerprint density at radius 2 is 1.07 bits per heavy atom. The highest BCUT2D eigenvalue weighted by atomic mass is 16.3. The Kier molecular flexibility index (Phi) is 33.3. The van der Waals surface area contributed by atoms with Gasteiger partial charge in [0, 0.05) is 0 Å². The summed E-state index contributed by atoms with van der Waals surface area (Å²) >= 11 is 0. The summed E-state index contributed by atoms with van der Waals surface area (Å²) in [6.07, 6.45) is 41.4. The summed E-state index contributed by atoms with van der Waals surface area (Å²) in [7, 11) is 0. The Bertz CT molecular complexity index is 2420. The Morgan fingerprint density at radius 1 is 0.512 bits per heavy atom. The lowest BCUT2D eigenvalue weighted by atomic mass is 9.68. The minimum absolute atomic E-state index is 0.0530. The second kappa shape index (κ2) is 38.2. The molecule has 6 heteroatoms. The molecule has 6 N–H and O–H groups in total. The number of hydrogen-bond acceptors (Lipinski definition) is 6. The fourth-order valence-electron chi connectivity index (χ4n) is 14.7. The third-order valence-electron chi connectivity index (χ3n) is 21.3. The van der Waals surface area contributed by atoms with Gasteiger partial charge in [0.05, 0.1) is 18.3 Å². The number of rotatable bonds is 27. The van der Waals surface area contributed by atoms with E-state index in [-0.39, 0.29) is 35.1 Å². The molecular weight excluding hydrogens is 1060 g/mol. The minimum atomic E-state index is -0.220. The first-order valence-corrected chi connectivity index (χ1v) is 35.9. The van der Waals surface area contributed by atoms with Crippen molar-refractivity contribution in [2.75, 3.05) is 0 Å². The summed E-state index contributed by atoms with van der Waals surface area (Å²) in [4.78, 5) is 0. The Balaban J connectivity index is 0.000000248. The third kappa shape index (κ3) is 24.3. The van der Waals surface area contributed by atoms with Crippen LogP contribution in [0.5, 0.6) is 17.2 Å². The first-order valence-electron chi connectivity index (χ1n) is 35.9. The van der Waals surface area contributed by atoms with E-state index in [0.29, 0.717) is 46.3 Å². The maximum Gasteiger partial charge on any atom is 0.119 e. The van der Waals surface area contributed by atoms with E-state index in [0.717, 1.165) is 112 Å². The van der Waals surface area contributed by atoms with Crippen LogP contribution in [0.1, 0.15) is 335 Å². The molecule has 3 fully saturated rings. The molecule has 0 amide bonds. The van der Waals surface area contributed by atoms with Gasteiger partial charge in [0.1, 0.15) is 17.2 Å². The lowest BCUT2D eigenvalue weighted by molar-refractivity contribution is 0.0851. The van der Waals surface area contributed by atoms with E-state index in [9.17, 15) is 30.6 Å². The SMILES string of the molecule is CCCCCC(C)(C)C1=CCC(C2CCCC(O)C2)C(CC)=C1.CCCCCC(C)(C)c1ccc(C2CC(O)CCC2CC)c(O)c1.CCCCCC(C)(C)c1ccc(CCCCC(C)CC)c(O)c1.CCc1ccc(C2CCCC(O)C2)c(O)c1. The van der Waals surface area contributed by atoms with Crippen LogP contribution in [0.4, 0.5) is 0 Å². The zero-order valence-corrected chi connectivity index (χ0v) is 57.9. The van der Waals surface area contributed by atoms with Gasteiger partial charge in [-0.2, -0.15) is 0 Å². The molecule has 9 atom stereocenters. The van der Waals surface area contributed by atoms with Gasteiger partial charge in [-0.3, -0.25) is 0 Å². The minimum Gasteiger partial charge on any atom is -0.508 e. The Hall–Kier alpha value is -3.58. The molecule has 4 aliphatic carbocycles. The largest absolute Gasteiger partial charge is 0.508 e. The van der Waals surface area contributed by atoms with Gasteiger partial charge < -0.3 is 30.6 Å². The van der Waals surface area contributed by atoms with Crippen molar-refractivity contribution >= 4 is 0 Å². The molecule has 488 valence electrons. The van der Waals surface area contributed by atoms with Crippen LogP contribution in [0.3, 0.4) is 0 Å². The fraction of sp³-hybridized carbons (Fsp3) is 0.725. The highest BCUT2D eigenvalue weighted by molar-refractivity contribution is 5.43. The van der Waals surface area contributed by atoms with Crippen LogP contribution < -0.4 is 0 Å². The molecule has 3 saturated carbocycles. The molecule has 0 aliphatic heterocycles. The van der Waals surface area contributed by atoms with E-state index in [1.807, 2.05) is 24.3 Å². The molecule has 0 radical (unpaired) electrons. The van der Waals surface area contributed by atoms with E-state index in [1.165, 1.54) is 133 Å². The van der Waals surface area contributed by atoms with Gasteiger partial charge >= 0.3 is 0 Å². The van der Waals surface area contributed by atoms with Gasteiger partial charge in [0.15, 0.2) is 0 Å². The quantitative estimate of drug-likeness (QED) is 0.0423. The summed E-state index contributed by atoms with van der Waals surface area (Å²) in [5.74, 6) is 4.72. The van der Waals surface area contributed by atoms with E-state index in [2.05, 4.69) is 139 Å². The van der Waals surface area contributed by atoms with Crippen molar-refractivity contribution in [3.8, 4) is 17.2 Å². The van der Waals surface area contributed by atoms with Crippen LogP contribution in [0.25, 0.3) is 0 Å². The molecule has 9 unspecified atom stereocenters. The normalized spacial score (nSPS) is 23.1. The van der Waals surface area contributed by atoms with Gasteiger partial charge in [-0.25, -0.2) is 0 Å². The average Bonchev–Trinajstić information content (AvgIpc) is 3.10. The Morgan fingerprint density at radius 3 is 1.60 bits per heavy atom. The summed E-state index contributed by atoms with van der Waals surface area (Å²) in [6, 6.07) is 18.7. The predicted octanol–water partition coefficient (Wildman–Crippen LogP) is 22.3. The monoisotopic (exact) mass is 1190 g/mol. The van der Waals surface area contributed by atoms with Gasteiger partial charge in [0.2, 0.25) is 0 Å². The molecule has 0 heterocycles. The van der Waals surface area contributed by atoms with E-state index in [1.54, 1.807) is 11.1 Å². The number of hydrogen-bond donors (Lipinski definition) is 6. The lowest BCUT2D eigenvalue weighted by Crippen LogP contribution is -2.28. The van der Waals surface area contributed by atoms with Crippen LogP contribution in [0, 0.1) is 29.1 Å².